The first kappa shape index (κ1) is 34.5. The highest BCUT2D eigenvalue weighted by Crippen LogP contribution is 2.21. The van der Waals surface area contributed by atoms with Crippen LogP contribution in [0.15, 0.2) is 42.5 Å². The maximum absolute atomic E-state index is 13.6. The number of rotatable bonds is 13. The third-order valence-corrected chi connectivity index (χ3v) is 8.06. The molecule has 1 heterocycles. The average Bonchev–Trinajstić information content (AvgIpc) is 2.94. The van der Waals surface area contributed by atoms with Gasteiger partial charge in [-0.1, -0.05) is 56.3 Å². The van der Waals surface area contributed by atoms with Crippen molar-refractivity contribution in [2.45, 2.75) is 102 Å². The van der Waals surface area contributed by atoms with E-state index in [9.17, 15) is 19.2 Å². The summed E-state index contributed by atoms with van der Waals surface area (Å²) in [5.41, 5.74) is 10.7. The molecule has 9 nitrogen and oxygen atoms in total. The number of Topliss-reactive ketones (excluding diaryl/α,β-unsaturated/α-hetero) is 3. The fourth-order valence-electron chi connectivity index (χ4n) is 5.09. The third-order valence-electron chi connectivity index (χ3n) is 8.06. The quantitative estimate of drug-likeness (QED) is 0.227. The van der Waals surface area contributed by atoms with Crippen LogP contribution in [0.5, 0.6) is 0 Å². The van der Waals surface area contributed by atoms with Gasteiger partial charge in [-0.2, -0.15) is 0 Å². The van der Waals surface area contributed by atoms with Gasteiger partial charge in [-0.25, -0.2) is 0 Å². The molecule has 7 N–H and O–H groups in total. The van der Waals surface area contributed by atoms with E-state index in [-0.39, 0.29) is 37.0 Å². The van der Waals surface area contributed by atoms with Gasteiger partial charge in [0.1, 0.15) is 0 Å². The Labute approximate surface area is 245 Å². The van der Waals surface area contributed by atoms with Crippen LogP contribution in [0.2, 0.25) is 0 Å². The number of nitrogens with two attached hydrogens (primary N) is 2. The third kappa shape index (κ3) is 11.6. The smallest absolute Gasteiger partial charge is 0.234 e. The Morgan fingerprint density at radius 3 is 2.24 bits per heavy atom. The van der Waals surface area contributed by atoms with E-state index in [0.717, 1.165) is 31.2 Å². The van der Waals surface area contributed by atoms with E-state index < -0.39 is 29.1 Å². The van der Waals surface area contributed by atoms with Crippen LogP contribution in [-0.4, -0.2) is 66.1 Å². The fourth-order valence-corrected chi connectivity index (χ4v) is 5.09. The predicted molar refractivity (Wildman–Crippen MR) is 163 cm³/mol. The molecule has 228 valence electrons. The van der Waals surface area contributed by atoms with E-state index in [1.807, 2.05) is 58.0 Å². The Bertz CT molecular complexity index is 1040. The molecule has 0 unspecified atom stereocenters. The van der Waals surface area contributed by atoms with E-state index in [1.54, 1.807) is 0 Å². The largest absolute Gasteiger partial charge is 0.368 e. The lowest BCUT2D eigenvalue weighted by Crippen LogP contribution is -2.60. The molecule has 9 heteroatoms. The lowest BCUT2D eigenvalue weighted by molar-refractivity contribution is -0.127. The van der Waals surface area contributed by atoms with Crippen LogP contribution in [0.1, 0.15) is 78.2 Å². The summed E-state index contributed by atoms with van der Waals surface area (Å²) >= 11 is 0. The van der Waals surface area contributed by atoms with Crippen LogP contribution in [0.4, 0.5) is 0 Å². The maximum atomic E-state index is 13.6. The van der Waals surface area contributed by atoms with E-state index in [0.29, 0.717) is 31.6 Å². The number of nitrogens with one attached hydrogen (secondary N) is 3. The zero-order chi connectivity index (χ0) is 30.5. The van der Waals surface area contributed by atoms with Gasteiger partial charge in [-0.3, -0.25) is 35.1 Å². The van der Waals surface area contributed by atoms with E-state index >= 15 is 0 Å². The molecule has 0 fully saturated rings. The van der Waals surface area contributed by atoms with Crippen molar-refractivity contribution in [1.29, 1.82) is 0 Å². The van der Waals surface area contributed by atoms with E-state index in [1.165, 1.54) is 0 Å². The van der Waals surface area contributed by atoms with Gasteiger partial charge in [0, 0.05) is 0 Å². The second-order valence-corrected chi connectivity index (χ2v) is 12.2. The summed E-state index contributed by atoms with van der Waals surface area (Å²) in [4.78, 5) is 51.9. The Balaban J connectivity index is 2.12. The fraction of sp³-hybridized carbons (Fsp3) is 0.625. The Morgan fingerprint density at radius 2 is 1.63 bits per heavy atom. The lowest BCUT2D eigenvalue weighted by atomic mass is 9.86. The number of ketones is 3. The summed E-state index contributed by atoms with van der Waals surface area (Å²) in [7, 11) is 0. The average molecular weight is 570 g/mol. The second kappa shape index (κ2) is 16.7. The highest BCUT2D eigenvalue weighted by Gasteiger charge is 2.37. The van der Waals surface area contributed by atoms with Crippen molar-refractivity contribution in [3.8, 4) is 0 Å². The SMILES string of the molecule is CC(C)C[C@H](N)C(=O)CN[C@@]1(C)CCC/C=C\CCC[C@@](C)(C(=O)CN[C@@H](Cc2ccccc2)C(N)=O)NCC1=O. The minimum atomic E-state index is -0.990. The van der Waals surface area contributed by atoms with Gasteiger partial charge in [-0.05, 0) is 76.7 Å². The van der Waals surface area contributed by atoms with Crippen molar-refractivity contribution >= 4 is 23.3 Å². The van der Waals surface area contributed by atoms with Crippen LogP contribution in [0.25, 0.3) is 0 Å². The summed E-state index contributed by atoms with van der Waals surface area (Å²) in [5, 5.41) is 9.50. The number of benzene rings is 1. The van der Waals surface area contributed by atoms with Crippen molar-refractivity contribution in [2.75, 3.05) is 19.6 Å². The standard InChI is InChI=1S/C32H51N5O4/c1-23(2)18-25(33)27(38)20-36-32(4)17-13-8-6-5-7-12-16-31(3,37-22-29(32)40)28(39)21-35-26(30(34)41)19-24-14-10-9-11-15-24/h5-6,9-11,14-15,23,25-26,35-37H,7-8,12-13,16-22,33H2,1-4H3,(H2,34,41)/b6-5-/t25-,26-,31-,32-/m0/s1. The molecule has 0 saturated carbocycles. The summed E-state index contributed by atoms with van der Waals surface area (Å²) in [5.74, 6) is -0.604. The molecule has 1 aromatic carbocycles. The molecule has 1 aliphatic heterocycles. The van der Waals surface area contributed by atoms with Crippen molar-refractivity contribution in [1.82, 2.24) is 16.0 Å². The Kier molecular flexibility index (Phi) is 14.0. The number of amides is 1. The van der Waals surface area contributed by atoms with Crippen LogP contribution in [0, 0.1) is 5.92 Å². The molecule has 0 saturated heterocycles. The minimum absolute atomic E-state index is 0.0159. The predicted octanol–water partition coefficient (Wildman–Crippen LogP) is 2.36. The normalized spacial score (nSPS) is 24.9. The van der Waals surface area contributed by atoms with Gasteiger partial charge in [0.15, 0.2) is 17.3 Å². The number of hydrogen-bond acceptors (Lipinski definition) is 8. The maximum Gasteiger partial charge on any atom is 0.234 e. The zero-order valence-corrected chi connectivity index (χ0v) is 25.3. The van der Waals surface area contributed by atoms with Gasteiger partial charge in [0.05, 0.1) is 42.8 Å². The molecule has 1 amide bonds. The van der Waals surface area contributed by atoms with Crippen LogP contribution in [0.3, 0.4) is 0 Å². The van der Waals surface area contributed by atoms with Crippen LogP contribution >= 0.6 is 0 Å². The molecule has 0 radical (unpaired) electrons. The molecule has 0 aromatic heterocycles. The minimum Gasteiger partial charge on any atom is -0.368 e. The molecular weight excluding hydrogens is 518 g/mol. The molecule has 0 bridgehead atoms. The van der Waals surface area contributed by atoms with Crippen molar-refractivity contribution < 1.29 is 19.2 Å². The first-order chi connectivity index (χ1) is 19.4. The van der Waals surface area contributed by atoms with E-state index in [2.05, 4.69) is 28.1 Å². The topological polar surface area (TPSA) is 156 Å². The number of hydrogen-bond donors (Lipinski definition) is 5. The molecular formula is C32H51N5O4. The van der Waals surface area contributed by atoms with Crippen molar-refractivity contribution in [2.24, 2.45) is 17.4 Å². The highest BCUT2D eigenvalue weighted by atomic mass is 16.2. The first-order valence-electron chi connectivity index (χ1n) is 14.9. The highest BCUT2D eigenvalue weighted by molar-refractivity contribution is 5.94. The number of allylic oxidation sites excluding steroid dienone is 2. The summed E-state index contributed by atoms with van der Waals surface area (Å²) in [6.45, 7) is 7.59. The number of carbonyl (C=O) groups excluding carboxylic acids is 4. The Hall–Kier alpha value is -2.72. The molecule has 41 heavy (non-hydrogen) atoms. The molecule has 1 aliphatic rings. The van der Waals surface area contributed by atoms with Crippen molar-refractivity contribution in [3.05, 3.63) is 48.0 Å². The van der Waals surface area contributed by atoms with Crippen molar-refractivity contribution in [3.63, 3.8) is 0 Å². The second-order valence-electron chi connectivity index (χ2n) is 12.2. The molecule has 0 aliphatic carbocycles. The number of carbonyl (C=O) groups is 4. The molecule has 4 atom stereocenters. The monoisotopic (exact) mass is 569 g/mol. The van der Waals surface area contributed by atoms with Gasteiger partial charge < -0.3 is 11.5 Å². The van der Waals surface area contributed by atoms with Gasteiger partial charge >= 0.3 is 0 Å². The zero-order valence-electron chi connectivity index (χ0n) is 25.3. The molecule has 1 aromatic rings. The van der Waals surface area contributed by atoms with Crippen LogP contribution < -0.4 is 27.4 Å². The lowest BCUT2D eigenvalue weighted by Gasteiger charge is -2.34. The van der Waals surface area contributed by atoms with E-state index in [4.69, 9.17) is 11.5 Å². The number of primary amides is 1. The van der Waals surface area contributed by atoms with Gasteiger partial charge in [0.25, 0.3) is 0 Å². The van der Waals surface area contributed by atoms with Gasteiger partial charge in [-0.15, -0.1) is 0 Å². The Morgan fingerprint density at radius 1 is 1.00 bits per heavy atom. The molecule has 2 rings (SSSR count). The van der Waals surface area contributed by atoms with Gasteiger partial charge in [0.2, 0.25) is 5.91 Å². The summed E-state index contributed by atoms with van der Waals surface area (Å²) in [6, 6.07) is 8.23. The summed E-state index contributed by atoms with van der Waals surface area (Å²) < 4.78 is 0. The van der Waals surface area contributed by atoms with Crippen LogP contribution in [-0.2, 0) is 25.6 Å². The summed E-state index contributed by atoms with van der Waals surface area (Å²) in [6.07, 6.45) is 9.47. The molecule has 0 spiro atoms. The first-order valence-corrected chi connectivity index (χ1v) is 14.9.